The van der Waals surface area contributed by atoms with E-state index in [-0.39, 0.29) is 5.82 Å². The van der Waals surface area contributed by atoms with Crippen LogP contribution in [0.5, 0.6) is 0 Å². The van der Waals surface area contributed by atoms with Gasteiger partial charge in [0.25, 0.3) is 0 Å². The SMILES string of the molecule is CCC1CN(C)CCCN1Cc1ccc(Br)cc1F. The quantitative estimate of drug-likeness (QED) is 0.837. The van der Waals surface area contributed by atoms with Crippen molar-refractivity contribution in [1.29, 1.82) is 0 Å². The largest absolute Gasteiger partial charge is 0.305 e. The van der Waals surface area contributed by atoms with Crippen LogP contribution in [0.3, 0.4) is 0 Å². The summed E-state index contributed by atoms with van der Waals surface area (Å²) in [6, 6.07) is 5.89. The first-order valence-electron chi connectivity index (χ1n) is 6.96. The Morgan fingerprint density at radius 1 is 1.37 bits per heavy atom. The van der Waals surface area contributed by atoms with E-state index in [0.717, 1.165) is 42.5 Å². The molecule has 1 aromatic carbocycles. The third-order valence-corrected chi connectivity index (χ3v) is 4.38. The highest BCUT2D eigenvalue weighted by atomic mass is 79.9. The zero-order valence-corrected chi connectivity index (χ0v) is 13.3. The van der Waals surface area contributed by atoms with Gasteiger partial charge in [0.05, 0.1) is 0 Å². The molecule has 1 atom stereocenters. The maximum atomic E-state index is 13.9. The molecule has 4 heteroatoms. The monoisotopic (exact) mass is 328 g/mol. The number of benzene rings is 1. The lowest BCUT2D eigenvalue weighted by atomic mass is 10.1. The molecular weight excluding hydrogens is 307 g/mol. The van der Waals surface area contributed by atoms with E-state index in [4.69, 9.17) is 0 Å². The van der Waals surface area contributed by atoms with E-state index in [9.17, 15) is 4.39 Å². The van der Waals surface area contributed by atoms with Crippen molar-refractivity contribution in [2.75, 3.05) is 26.7 Å². The summed E-state index contributed by atoms with van der Waals surface area (Å²) < 4.78 is 14.7. The van der Waals surface area contributed by atoms with Gasteiger partial charge in [-0.25, -0.2) is 4.39 Å². The highest BCUT2D eigenvalue weighted by Crippen LogP contribution is 2.20. The Morgan fingerprint density at radius 3 is 2.84 bits per heavy atom. The fourth-order valence-corrected chi connectivity index (χ4v) is 3.09. The van der Waals surface area contributed by atoms with Crippen LogP contribution in [0.2, 0.25) is 0 Å². The minimum atomic E-state index is -0.109. The smallest absolute Gasteiger partial charge is 0.128 e. The van der Waals surface area contributed by atoms with Gasteiger partial charge in [-0.2, -0.15) is 0 Å². The van der Waals surface area contributed by atoms with Gasteiger partial charge in [0.1, 0.15) is 5.82 Å². The predicted molar refractivity (Wildman–Crippen MR) is 80.7 cm³/mol. The lowest BCUT2D eigenvalue weighted by Crippen LogP contribution is -2.39. The molecule has 19 heavy (non-hydrogen) atoms. The second-order valence-corrected chi connectivity index (χ2v) is 6.30. The Hall–Kier alpha value is -0.450. The molecule has 1 saturated heterocycles. The zero-order valence-electron chi connectivity index (χ0n) is 11.7. The van der Waals surface area contributed by atoms with Crippen molar-refractivity contribution in [3.05, 3.63) is 34.1 Å². The van der Waals surface area contributed by atoms with Crippen LogP contribution < -0.4 is 0 Å². The average Bonchev–Trinajstić information content (AvgIpc) is 2.54. The van der Waals surface area contributed by atoms with Crippen LogP contribution in [0.25, 0.3) is 0 Å². The zero-order chi connectivity index (χ0) is 13.8. The van der Waals surface area contributed by atoms with E-state index in [0.29, 0.717) is 12.6 Å². The van der Waals surface area contributed by atoms with Crippen LogP contribution in [0.15, 0.2) is 22.7 Å². The minimum Gasteiger partial charge on any atom is -0.305 e. The van der Waals surface area contributed by atoms with Crippen LogP contribution >= 0.6 is 15.9 Å². The lowest BCUT2D eigenvalue weighted by molar-refractivity contribution is 0.174. The van der Waals surface area contributed by atoms with Crippen molar-refractivity contribution in [2.24, 2.45) is 0 Å². The first-order chi connectivity index (χ1) is 9.10. The summed E-state index contributed by atoms with van der Waals surface area (Å²) in [4.78, 5) is 4.81. The molecule has 0 aromatic heterocycles. The maximum Gasteiger partial charge on any atom is 0.128 e. The molecule has 0 spiro atoms. The summed E-state index contributed by atoms with van der Waals surface area (Å²) in [5.41, 5.74) is 0.797. The normalized spacial score (nSPS) is 22.4. The van der Waals surface area contributed by atoms with Gasteiger partial charge in [-0.05, 0) is 38.6 Å². The summed E-state index contributed by atoms with van der Waals surface area (Å²) in [6.07, 6.45) is 2.27. The summed E-state index contributed by atoms with van der Waals surface area (Å²) in [5, 5.41) is 0. The molecule has 0 saturated carbocycles. The van der Waals surface area contributed by atoms with Crippen molar-refractivity contribution in [3.63, 3.8) is 0 Å². The maximum absolute atomic E-state index is 13.9. The molecule has 106 valence electrons. The molecule has 2 nitrogen and oxygen atoms in total. The van der Waals surface area contributed by atoms with Crippen LogP contribution in [0.1, 0.15) is 25.3 Å². The van der Waals surface area contributed by atoms with E-state index < -0.39 is 0 Å². The molecule has 0 radical (unpaired) electrons. The first kappa shape index (κ1) is 14.9. The third-order valence-electron chi connectivity index (χ3n) is 3.88. The number of likely N-dealkylation sites (N-methyl/N-ethyl adjacent to an activating group) is 1. The van der Waals surface area contributed by atoms with Gasteiger partial charge in [0, 0.05) is 35.7 Å². The van der Waals surface area contributed by atoms with Crippen LogP contribution in [0, 0.1) is 5.82 Å². The topological polar surface area (TPSA) is 6.48 Å². The standard InChI is InChI=1S/C15H22BrFN2/c1-3-14-11-18(2)7-4-8-19(14)10-12-5-6-13(16)9-15(12)17/h5-6,9,14H,3-4,7-8,10-11H2,1-2H3. The van der Waals surface area contributed by atoms with Gasteiger partial charge in [0.2, 0.25) is 0 Å². The lowest BCUT2D eigenvalue weighted by Gasteiger charge is -2.30. The van der Waals surface area contributed by atoms with Crippen molar-refractivity contribution in [2.45, 2.75) is 32.4 Å². The summed E-state index contributed by atoms with van der Waals surface area (Å²) in [5.74, 6) is -0.109. The molecule has 0 aliphatic carbocycles. The number of hydrogen-bond donors (Lipinski definition) is 0. The summed E-state index contributed by atoms with van der Waals surface area (Å²) in [7, 11) is 2.17. The Balaban J connectivity index is 2.11. The molecular formula is C15H22BrFN2. The third kappa shape index (κ3) is 4.01. The second-order valence-electron chi connectivity index (χ2n) is 5.38. The average molecular weight is 329 g/mol. The Bertz CT molecular complexity index is 425. The Labute approximate surface area is 123 Å². The Kier molecular flexibility index (Phi) is 5.37. The minimum absolute atomic E-state index is 0.109. The van der Waals surface area contributed by atoms with E-state index in [1.54, 1.807) is 6.07 Å². The van der Waals surface area contributed by atoms with E-state index in [2.05, 4.69) is 39.7 Å². The fourth-order valence-electron chi connectivity index (χ4n) is 2.76. The number of nitrogens with zero attached hydrogens (tertiary/aromatic N) is 2. The molecule has 1 aliphatic rings. The number of halogens is 2. The molecule has 1 fully saturated rings. The second kappa shape index (κ2) is 6.82. The summed E-state index contributed by atoms with van der Waals surface area (Å²) in [6.45, 7) is 6.20. The van der Waals surface area contributed by atoms with E-state index in [1.165, 1.54) is 0 Å². The molecule has 1 heterocycles. The van der Waals surface area contributed by atoms with Crippen molar-refractivity contribution < 1.29 is 4.39 Å². The first-order valence-corrected chi connectivity index (χ1v) is 7.76. The van der Waals surface area contributed by atoms with Gasteiger partial charge >= 0.3 is 0 Å². The van der Waals surface area contributed by atoms with Crippen molar-refractivity contribution in [3.8, 4) is 0 Å². The van der Waals surface area contributed by atoms with Gasteiger partial charge < -0.3 is 4.90 Å². The van der Waals surface area contributed by atoms with Crippen LogP contribution in [-0.2, 0) is 6.54 Å². The molecule has 2 rings (SSSR count). The summed E-state index contributed by atoms with van der Waals surface area (Å²) >= 11 is 3.31. The molecule has 0 N–H and O–H groups in total. The molecule has 0 amide bonds. The molecule has 1 aliphatic heterocycles. The number of hydrogen-bond acceptors (Lipinski definition) is 2. The highest BCUT2D eigenvalue weighted by Gasteiger charge is 2.22. The van der Waals surface area contributed by atoms with Gasteiger partial charge in [-0.15, -0.1) is 0 Å². The van der Waals surface area contributed by atoms with Gasteiger partial charge in [-0.1, -0.05) is 28.9 Å². The molecule has 1 aromatic rings. The van der Waals surface area contributed by atoms with Gasteiger partial charge in [0.15, 0.2) is 0 Å². The van der Waals surface area contributed by atoms with Crippen molar-refractivity contribution >= 4 is 15.9 Å². The van der Waals surface area contributed by atoms with Gasteiger partial charge in [-0.3, -0.25) is 4.90 Å². The van der Waals surface area contributed by atoms with E-state index >= 15 is 0 Å². The van der Waals surface area contributed by atoms with Crippen LogP contribution in [-0.4, -0.2) is 42.5 Å². The molecule has 0 bridgehead atoms. The number of rotatable bonds is 3. The van der Waals surface area contributed by atoms with Crippen molar-refractivity contribution in [1.82, 2.24) is 9.80 Å². The Morgan fingerprint density at radius 2 is 2.16 bits per heavy atom. The van der Waals surface area contributed by atoms with Crippen LogP contribution in [0.4, 0.5) is 4.39 Å². The predicted octanol–water partition coefficient (Wildman–Crippen LogP) is 3.50. The highest BCUT2D eigenvalue weighted by molar-refractivity contribution is 9.10. The van der Waals surface area contributed by atoms with E-state index in [1.807, 2.05) is 12.1 Å². The molecule has 1 unspecified atom stereocenters. The fraction of sp³-hybridized carbons (Fsp3) is 0.600.